The summed E-state index contributed by atoms with van der Waals surface area (Å²) in [4.78, 5) is 12.6. The molecule has 5 heteroatoms. The quantitative estimate of drug-likeness (QED) is 0.856. The van der Waals surface area contributed by atoms with Gasteiger partial charge in [0.15, 0.2) is 11.5 Å². The molecule has 1 aliphatic rings. The first kappa shape index (κ1) is 12.7. The van der Waals surface area contributed by atoms with Crippen molar-refractivity contribution in [3.63, 3.8) is 0 Å². The molecule has 2 aromatic rings. The van der Waals surface area contributed by atoms with Gasteiger partial charge in [0.05, 0.1) is 19.6 Å². The Morgan fingerprint density at radius 3 is 2.55 bits per heavy atom. The van der Waals surface area contributed by atoms with Gasteiger partial charge in [0.1, 0.15) is 0 Å². The zero-order valence-electron chi connectivity index (χ0n) is 11.5. The minimum absolute atomic E-state index is 0.00900. The zero-order chi connectivity index (χ0) is 14.2. The summed E-state index contributed by atoms with van der Waals surface area (Å²) in [7, 11) is 3.19. The monoisotopic (exact) mass is 272 g/mol. The highest BCUT2D eigenvalue weighted by Crippen LogP contribution is 2.50. The van der Waals surface area contributed by atoms with Crippen LogP contribution in [0.3, 0.4) is 0 Å². The van der Waals surface area contributed by atoms with Crippen molar-refractivity contribution in [1.29, 1.82) is 0 Å². The van der Waals surface area contributed by atoms with E-state index in [1.165, 1.54) is 4.68 Å². The molecule has 1 saturated carbocycles. The molecule has 0 N–H and O–H groups in total. The number of carbonyl (C=O) groups is 1. The van der Waals surface area contributed by atoms with Crippen LogP contribution in [0.25, 0.3) is 0 Å². The topological polar surface area (TPSA) is 53.4 Å². The van der Waals surface area contributed by atoms with E-state index in [1.54, 1.807) is 32.7 Å². The average molecular weight is 272 g/mol. The Kier molecular flexibility index (Phi) is 2.97. The second kappa shape index (κ2) is 4.67. The van der Waals surface area contributed by atoms with Gasteiger partial charge in [-0.05, 0) is 36.6 Å². The number of hydrogen-bond acceptors (Lipinski definition) is 4. The third kappa shape index (κ3) is 1.86. The smallest absolute Gasteiger partial charge is 0.257 e. The lowest BCUT2D eigenvalue weighted by atomic mass is 9.94. The predicted octanol–water partition coefficient (Wildman–Crippen LogP) is 2.27. The second-order valence-electron chi connectivity index (χ2n) is 4.91. The molecule has 1 aromatic carbocycles. The first-order valence-electron chi connectivity index (χ1n) is 6.48. The summed E-state index contributed by atoms with van der Waals surface area (Å²) < 4.78 is 11.9. The minimum Gasteiger partial charge on any atom is -0.493 e. The highest BCUT2D eigenvalue weighted by Gasteiger charge is 2.52. The first-order chi connectivity index (χ1) is 9.71. The van der Waals surface area contributed by atoms with Gasteiger partial charge in [-0.15, -0.1) is 0 Å². The van der Waals surface area contributed by atoms with E-state index in [9.17, 15) is 4.79 Å². The predicted molar refractivity (Wildman–Crippen MR) is 73.3 cm³/mol. The van der Waals surface area contributed by atoms with Gasteiger partial charge < -0.3 is 9.47 Å². The van der Waals surface area contributed by atoms with Crippen molar-refractivity contribution in [3.8, 4) is 11.5 Å². The normalized spacial score (nSPS) is 15.7. The third-order valence-electron chi connectivity index (χ3n) is 3.81. The van der Waals surface area contributed by atoms with E-state index in [4.69, 9.17) is 9.47 Å². The Labute approximate surface area is 117 Å². The lowest BCUT2D eigenvalue weighted by molar-refractivity contribution is 0.0846. The molecule has 3 rings (SSSR count). The lowest BCUT2D eigenvalue weighted by Crippen LogP contribution is -2.27. The summed E-state index contributed by atoms with van der Waals surface area (Å²) in [6, 6.07) is 7.40. The molecular formula is C15H16N2O3. The highest BCUT2D eigenvalue weighted by molar-refractivity contribution is 5.92. The molecule has 1 fully saturated rings. The van der Waals surface area contributed by atoms with Crippen LogP contribution in [-0.2, 0) is 5.41 Å². The van der Waals surface area contributed by atoms with Crippen LogP contribution in [0.1, 0.15) is 23.2 Å². The molecule has 1 heterocycles. The lowest BCUT2D eigenvalue weighted by Gasteiger charge is -2.16. The molecule has 0 spiro atoms. The number of carbonyl (C=O) groups excluding carboxylic acids is 1. The van der Waals surface area contributed by atoms with Crippen LogP contribution < -0.4 is 9.47 Å². The molecule has 0 amide bonds. The van der Waals surface area contributed by atoms with E-state index < -0.39 is 5.41 Å². The van der Waals surface area contributed by atoms with Crippen LogP contribution >= 0.6 is 0 Å². The molecule has 0 saturated heterocycles. The number of aromatic nitrogens is 2. The number of hydrogen-bond donors (Lipinski definition) is 0. The fourth-order valence-corrected chi connectivity index (χ4v) is 2.49. The Balaban J connectivity index is 1.98. The van der Waals surface area contributed by atoms with Gasteiger partial charge >= 0.3 is 0 Å². The number of ether oxygens (including phenoxy) is 2. The molecule has 1 aliphatic carbocycles. The van der Waals surface area contributed by atoms with Gasteiger partial charge in [0.2, 0.25) is 0 Å². The molecule has 5 nitrogen and oxygen atoms in total. The maximum absolute atomic E-state index is 12.6. The van der Waals surface area contributed by atoms with Crippen LogP contribution in [0.4, 0.5) is 0 Å². The van der Waals surface area contributed by atoms with Crippen LogP contribution in [-0.4, -0.2) is 29.9 Å². The summed E-state index contributed by atoms with van der Waals surface area (Å²) >= 11 is 0. The number of methoxy groups -OCH3 is 2. The highest BCUT2D eigenvalue weighted by atomic mass is 16.5. The first-order valence-corrected chi connectivity index (χ1v) is 6.48. The van der Waals surface area contributed by atoms with Crippen molar-refractivity contribution in [3.05, 3.63) is 42.2 Å². The summed E-state index contributed by atoms with van der Waals surface area (Å²) in [6.07, 6.45) is 4.97. The Hall–Kier alpha value is -2.30. The summed E-state index contributed by atoms with van der Waals surface area (Å²) in [5.74, 6) is 1.32. The van der Waals surface area contributed by atoms with Crippen molar-refractivity contribution >= 4 is 5.91 Å². The summed E-state index contributed by atoms with van der Waals surface area (Å²) in [5.41, 5.74) is 0.488. The molecule has 20 heavy (non-hydrogen) atoms. The van der Waals surface area contributed by atoms with Crippen LogP contribution in [0.15, 0.2) is 36.7 Å². The van der Waals surface area contributed by atoms with E-state index >= 15 is 0 Å². The molecule has 0 unspecified atom stereocenters. The van der Waals surface area contributed by atoms with Gasteiger partial charge in [0.25, 0.3) is 5.91 Å². The largest absolute Gasteiger partial charge is 0.493 e. The Bertz CT molecular complexity index is 631. The molecule has 1 aromatic heterocycles. The maximum Gasteiger partial charge on any atom is 0.257 e. The molecule has 0 radical (unpaired) electrons. The molecular weight excluding hydrogens is 256 g/mol. The van der Waals surface area contributed by atoms with Crippen molar-refractivity contribution in [2.75, 3.05) is 14.2 Å². The molecule has 0 bridgehead atoms. The van der Waals surface area contributed by atoms with E-state index in [-0.39, 0.29) is 5.91 Å². The Morgan fingerprint density at radius 2 is 2.00 bits per heavy atom. The van der Waals surface area contributed by atoms with Crippen LogP contribution in [0.2, 0.25) is 0 Å². The molecule has 104 valence electrons. The molecule has 0 aliphatic heterocycles. The van der Waals surface area contributed by atoms with E-state index in [0.717, 1.165) is 18.4 Å². The van der Waals surface area contributed by atoms with Gasteiger partial charge in [-0.3, -0.25) is 4.79 Å². The SMILES string of the molecule is COc1ccc(C2(C(=O)n3cccn3)CC2)cc1OC. The van der Waals surface area contributed by atoms with E-state index in [2.05, 4.69) is 5.10 Å². The standard InChI is InChI=1S/C15H16N2O3/c1-19-12-5-4-11(10-13(12)20-2)15(6-7-15)14(18)17-9-3-8-16-17/h3-5,8-10H,6-7H2,1-2H3. The van der Waals surface area contributed by atoms with E-state index in [0.29, 0.717) is 11.5 Å². The fraction of sp³-hybridized carbons (Fsp3) is 0.333. The van der Waals surface area contributed by atoms with Crippen molar-refractivity contribution in [2.24, 2.45) is 0 Å². The number of rotatable bonds is 4. The summed E-state index contributed by atoms with van der Waals surface area (Å²) in [6.45, 7) is 0. The summed E-state index contributed by atoms with van der Waals surface area (Å²) in [5, 5.41) is 4.04. The number of nitrogens with zero attached hydrogens (tertiary/aromatic N) is 2. The van der Waals surface area contributed by atoms with Crippen LogP contribution in [0.5, 0.6) is 11.5 Å². The van der Waals surface area contributed by atoms with E-state index in [1.807, 2.05) is 18.2 Å². The third-order valence-corrected chi connectivity index (χ3v) is 3.81. The van der Waals surface area contributed by atoms with Gasteiger partial charge in [0, 0.05) is 12.4 Å². The van der Waals surface area contributed by atoms with Gasteiger partial charge in [-0.25, -0.2) is 4.68 Å². The minimum atomic E-state index is -0.467. The number of benzene rings is 1. The molecule has 0 atom stereocenters. The van der Waals surface area contributed by atoms with Crippen molar-refractivity contribution in [1.82, 2.24) is 9.78 Å². The maximum atomic E-state index is 12.6. The van der Waals surface area contributed by atoms with Crippen molar-refractivity contribution in [2.45, 2.75) is 18.3 Å². The fourth-order valence-electron chi connectivity index (χ4n) is 2.49. The average Bonchev–Trinajstić information content (AvgIpc) is 3.12. The second-order valence-corrected chi connectivity index (χ2v) is 4.91. The van der Waals surface area contributed by atoms with Crippen molar-refractivity contribution < 1.29 is 14.3 Å². The van der Waals surface area contributed by atoms with Gasteiger partial charge in [-0.1, -0.05) is 6.07 Å². The Morgan fingerprint density at radius 1 is 1.25 bits per heavy atom. The zero-order valence-corrected chi connectivity index (χ0v) is 11.5. The van der Waals surface area contributed by atoms with Gasteiger partial charge in [-0.2, -0.15) is 5.10 Å². The van der Waals surface area contributed by atoms with Crippen LogP contribution in [0, 0.1) is 0 Å².